The normalized spacial score (nSPS) is 22.2. The van der Waals surface area contributed by atoms with Gasteiger partial charge in [-0.05, 0) is 61.7 Å². The van der Waals surface area contributed by atoms with Crippen LogP contribution in [-0.4, -0.2) is 40.8 Å². The molecule has 1 rings (SSSR count). The molecular formula is C33H58N2O4. The van der Waals surface area contributed by atoms with Gasteiger partial charge in [0.15, 0.2) is 0 Å². The van der Waals surface area contributed by atoms with E-state index in [0.717, 1.165) is 18.4 Å². The van der Waals surface area contributed by atoms with Crippen molar-refractivity contribution >= 4 is 11.8 Å². The van der Waals surface area contributed by atoms with Crippen molar-refractivity contribution in [1.29, 1.82) is 0 Å². The molecule has 0 spiro atoms. The molecule has 2 amide bonds. The second kappa shape index (κ2) is 17.7. The van der Waals surface area contributed by atoms with Crippen LogP contribution in [0.4, 0.5) is 0 Å². The Morgan fingerprint density at radius 3 is 2.13 bits per heavy atom. The van der Waals surface area contributed by atoms with E-state index >= 15 is 0 Å². The maximum absolute atomic E-state index is 12.7. The highest BCUT2D eigenvalue weighted by Gasteiger charge is 2.32. The Labute approximate surface area is 238 Å². The van der Waals surface area contributed by atoms with Crippen molar-refractivity contribution in [1.82, 2.24) is 5.32 Å². The molecule has 9 unspecified atom stereocenters. The molecule has 0 bridgehead atoms. The highest BCUT2D eigenvalue weighted by atomic mass is 16.3. The number of rotatable bonds is 17. The van der Waals surface area contributed by atoms with Gasteiger partial charge in [0.05, 0.1) is 12.2 Å². The summed E-state index contributed by atoms with van der Waals surface area (Å²) in [6, 6.07) is 0. The number of carbonyl (C=O) groups excluding carboxylic acids is 2. The molecule has 0 saturated heterocycles. The summed E-state index contributed by atoms with van der Waals surface area (Å²) in [5, 5.41) is 25.2. The Bertz CT molecular complexity index is 817. The van der Waals surface area contributed by atoms with E-state index in [1.54, 1.807) is 6.08 Å². The van der Waals surface area contributed by atoms with E-state index < -0.39 is 12.2 Å². The Morgan fingerprint density at radius 2 is 1.56 bits per heavy atom. The van der Waals surface area contributed by atoms with Gasteiger partial charge in [0.25, 0.3) is 0 Å². The quantitative estimate of drug-likeness (QED) is 0.137. The van der Waals surface area contributed by atoms with E-state index in [1.165, 1.54) is 19.3 Å². The highest BCUT2D eigenvalue weighted by Crippen LogP contribution is 2.33. The third-order valence-electron chi connectivity index (χ3n) is 9.14. The van der Waals surface area contributed by atoms with Gasteiger partial charge >= 0.3 is 0 Å². The lowest BCUT2D eigenvalue weighted by Crippen LogP contribution is -2.40. The minimum atomic E-state index is -0.599. The van der Waals surface area contributed by atoms with E-state index in [1.807, 2.05) is 60.6 Å². The third kappa shape index (κ3) is 12.0. The fourth-order valence-electron chi connectivity index (χ4n) is 6.40. The summed E-state index contributed by atoms with van der Waals surface area (Å²) >= 11 is 0. The van der Waals surface area contributed by atoms with Crippen molar-refractivity contribution in [3.63, 3.8) is 0 Å². The first-order valence-electron chi connectivity index (χ1n) is 15.2. The zero-order valence-electron chi connectivity index (χ0n) is 25.7. The van der Waals surface area contributed by atoms with Crippen LogP contribution < -0.4 is 11.1 Å². The van der Waals surface area contributed by atoms with E-state index in [2.05, 4.69) is 18.0 Å². The third-order valence-corrected chi connectivity index (χ3v) is 9.14. The van der Waals surface area contributed by atoms with Gasteiger partial charge in [-0.25, -0.2) is 0 Å². The van der Waals surface area contributed by atoms with Crippen LogP contribution in [0, 0.1) is 47.3 Å². The zero-order valence-corrected chi connectivity index (χ0v) is 25.7. The fraction of sp³-hybridized carbons (Fsp3) is 0.758. The van der Waals surface area contributed by atoms with Gasteiger partial charge in [-0.1, -0.05) is 97.3 Å². The Hall–Kier alpha value is -1.92. The zero-order chi connectivity index (χ0) is 29.7. The van der Waals surface area contributed by atoms with E-state index in [4.69, 9.17) is 5.73 Å². The minimum absolute atomic E-state index is 0.0214. The van der Waals surface area contributed by atoms with Crippen molar-refractivity contribution in [3.05, 3.63) is 36.5 Å². The molecule has 224 valence electrons. The van der Waals surface area contributed by atoms with Crippen LogP contribution >= 0.6 is 0 Å². The Balaban J connectivity index is 2.68. The predicted octanol–water partition coefficient (Wildman–Crippen LogP) is 5.79. The van der Waals surface area contributed by atoms with Crippen molar-refractivity contribution in [2.45, 2.75) is 106 Å². The van der Waals surface area contributed by atoms with Gasteiger partial charge in [-0.2, -0.15) is 0 Å². The minimum Gasteiger partial charge on any atom is -0.393 e. The van der Waals surface area contributed by atoms with Gasteiger partial charge in [-0.3, -0.25) is 9.59 Å². The number of hydrogen-bond donors (Lipinski definition) is 4. The SMILES string of the molecule is C=CC=CC(C)C(CC(N)=O)C(C)C(O)C(C)CC(C)=CC(C)C(O)C(C)CNC(=O)C(C)C1CCCCC1. The smallest absolute Gasteiger partial charge is 0.223 e. The lowest BCUT2D eigenvalue weighted by molar-refractivity contribution is -0.127. The topological polar surface area (TPSA) is 113 Å². The lowest BCUT2D eigenvalue weighted by Gasteiger charge is -2.34. The second-order valence-corrected chi connectivity index (χ2v) is 12.6. The number of nitrogens with two attached hydrogens (primary N) is 1. The summed E-state index contributed by atoms with van der Waals surface area (Å²) in [7, 11) is 0. The first-order chi connectivity index (χ1) is 18.3. The molecule has 0 aromatic heterocycles. The highest BCUT2D eigenvalue weighted by molar-refractivity contribution is 5.78. The van der Waals surface area contributed by atoms with Crippen molar-refractivity contribution in [2.75, 3.05) is 6.54 Å². The molecule has 0 heterocycles. The van der Waals surface area contributed by atoms with E-state index in [9.17, 15) is 19.8 Å². The van der Waals surface area contributed by atoms with Gasteiger partial charge in [-0.15, -0.1) is 0 Å². The van der Waals surface area contributed by atoms with Crippen LogP contribution in [0.2, 0.25) is 0 Å². The number of hydrogen-bond acceptors (Lipinski definition) is 4. The second-order valence-electron chi connectivity index (χ2n) is 12.6. The molecule has 1 aliphatic rings. The molecule has 1 saturated carbocycles. The number of nitrogens with one attached hydrogen (secondary N) is 1. The number of carbonyl (C=O) groups is 2. The standard InChI is InChI=1S/C33H58N2O4/c1-9-10-14-22(3)29(19-30(34)36)27(8)32(38)24(5)18-21(2)17-23(4)31(37)25(6)20-35-33(39)26(7)28-15-12-11-13-16-28/h9-10,14,17,22-29,31-32,37-38H,1,11-13,15-16,18-20H2,2-8H3,(H2,34,36)(H,35,39). The van der Waals surface area contributed by atoms with Gasteiger partial charge in [0, 0.05) is 24.8 Å². The molecule has 1 aliphatic carbocycles. The Morgan fingerprint density at radius 1 is 0.949 bits per heavy atom. The van der Waals surface area contributed by atoms with E-state index in [-0.39, 0.29) is 59.7 Å². The Kier molecular flexibility index (Phi) is 15.9. The van der Waals surface area contributed by atoms with Gasteiger partial charge in [0.2, 0.25) is 11.8 Å². The van der Waals surface area contributed by atoms with Crippen LogP contribution in [0.25, 0.3) is 0 Å². The predicted molar refractivity (Wildman–Crippen MR) is 162 cm³/mol. The number of aliphatic hydroxyl groups is 2. The molecule has 5 N–H and O–H groups in total. The number of amides is 2. The maximum Gasteiger partial charge on any atom is 0.223 e. The van der Waals surface area contributed by atoms with E-state index in [0.29, 0.717) is 18.9 Å². The van der Waals surface area contributed by atoms with Crippen LogP contribution in [0.1, 0.15) is 93.4 Å². The van der Waals surface area contributed by atoms with Crippen molar-refractivity contribution < 1.29 is 19.8 Å². The van der Waals surface area contributed by atoms with Crippen LogP contribution in [0.5, 0.6) is 0 Å². The number of aliphatic hydroxyl groups excluding tert-OH is 2. The molecule has 39 heavy (non-hydrogen) atoms. The summed E-state index contributed by atoms with van der Waals surface area (Å²) in [6.07, 6.45) is 13.4. The largest absolute Gasteiger partial charge is 0.393 e. The summed E-state index contributed by atoms with van der Waals surface area (Å²) < 4.78 is 0. The lowest BCUT2D eigenvalue weighted by atomic mass is 9.74. The van der Waals surface area contributed by atoms with Crippen molar-refractivity contribution in [3.8, 4) is 0 Å². The molecule has 6 heteroatoms. The summed E-state index contributed by atoms with van der Waals surface area (Å²) in [5.74, 6) is -0.0638. The average molecular weight is 547 g/mol. The molecule has 0 radical (unpaired) electrons. The summed E-state index contributed by atoms with van der Waals surface area (Å²) in [5.41, 5.74) is 6.63. The van der Waals surface area contributed by atoms with Crippen molar-refractivity contribution in [2.24, 2.45) is 53.1 Å². The van der Waals surface area contributed by atoms with Crippen LogP contribution in [0.15, 0.2) is 36.5 Å². The number of primary amides is 1. The summed E-state index contributed by atoms with van der Waals surface area (Å²) in [4.78, 5) is 24.4. The molecular weight excluding hydrogens is 488 g/mol. The molecule has 0 aromatic carbocycles. The molecule has 0 aliphatic heterocycles. The molecule has 1 fully saturated rings. The molecule has 0 aromatic rings. The molecule has 9 atom stereocenters. The van der Waals surface area contributed by atoms with Crippen LogP contribution in [-0.2, 0) is 9.59 Å². The first-order valence-corrected chi connectivity index (χ1v) is 15.2. The fourth-order valence-corrected chi connectivity index (χ4v) is 6.40. The average Bonchev–Trinajstić information content (AvgIpc) is 2.91. The maximum atomic E-state index is 12.7. The van der Waals surface area contributed by atoms with Gasteiger partial charge in [0.1, 0.15) is 0 Å². The van der Waals surface area contributed by atoms with Crippen LogP contribution in [0.3, 0.4) is 0 Å². The first kappa shape index (κ1) is 35.1. The molecule has 6 nitrogen and oxygen atoms in total. The summed E-state index contributed by atoms with van der Waals surface area (Å²) in [6.45, 7) is 18.3. The monoisotopic (exact) mass is 546 g/mol. The van der Waals surface area contributed by atoms with Gasteiger partial charge < -0.3 is 21.3 Å². The number of allylic oxidation sites excluding steroid dienone is 4.